The van der Waals surface area contributed by atoms with Gasteiger partial charge in [-0.15, -0.1) is 0 Å². The van der Waals surface area contributed by atoms with Crippen molar-refractivity contribution in [3.63, 3.8) is 0 Å². The summed E-state index contributed by atoms with van der Waals surface area (Å²) in [6.07, 6.45) is 0. The fraction of sp³-hybridized carbons (Fsp3) is 0. The van der Waals surface area contributed by atoms with Crippen LogP contribution in [-0.4, -0.2) is 4.98 Å². The molecule has 2 aromatic carbocycles. The zero-order valence-corrected chi connectivity index (χ0v) is 8.80. The van der Waals surface area contributed by atoms with Gasteiger partial charge in [-0.25, -0.2) is 8.78 Å². The van der Waals surface area contributed by atoms with Gasteiger partial charge in [-0.1, -0.05) is 6.07 Å². The Bertz CT molecular complexity index is 632. The van der Waals surface area contributed by atoms with E-state index in [2.05, 4.69) is 11.1 Å². The van der Waals surface area contributed by atoms with Crippen LogP contribution in [0.25, 0.3) is 22.2 Å². The van der Waals surface area contributed by atoms with E-state index in [0.29, 0.717) is 11.3 Å². The standard InChI is InChI=1S/C14H8F2N/c15-11-5-10(6-12(16)8-11)14-7-9-3-1-2-4-13(9)17-14/h2-8,17H. The van der Waals surface area contributed by atoms with Crippen molar-refractivity contribution in [2.45, 2.75) is 0 Å². The third-order valence-electron chi connectivity index (χ3n) is 2.64. The van der Waals surface area contributed by atoms with Gasteiger partial charge < -0.3 is 4.98 Å². The molecule has 1 heterocycles. The van der Waals surface area contributed by atoms with Crippen molar-refractivity contribution in [2.24, 2.45) is 0 Å². The van der Waals surface area contributed by atoms with Gasteiger partial charge in [0.05, 0.1) is 0 Å². The summed E-state index contributed by atoms with van der Waals surface area (Å²) in [5.74, 6) is -1.16. The summed E-state index contributed by atoms with van der Waals surface area (Å²) < 4.78 is 26.2. The molecule has 0 atom stereocenters. The monoisotopic (exact) mass is 228 g/mol. The molecule has 1 nitrogen and oxygen atoms in total. The fourth-order valence-electron chi connectivity index (χ4n) is 1.88. The molecule has 3 aromatic rings. The van der Waals surface area contributed by atoms with Gasteiger partial charge in [-0.3, -0.25) is 0 Å². The number of aromatic nitrogens is 1. The van der Waals surface area contributed by atoms with E-state index >= 15 is 0 Å². The number of halogens is 2. The SMILES string of the molecule is Fc1cc(F)cc(-c2cc3c[c]ccc3[nH]2)c1. The molecule has 0 bridgehead atoms. The maximum absolute atomic E-state index is 13.1. The van der Waals surface area contributed by atoms with E-state index < -0.39 is 11.6 Å². The Labute approximate surface area is 96.7 Å². The summed E-state index contributed by atoms with van der Waals surface area (Å²) in [4.78, 5) is 3.11. The second-order valence-electron chi connectivity index (χ2n) is 3.85. The van der Waals surface area contributed by atoms with Crippen LogP contribution in [0.4, 0.5) is 8.78 Å². The van der Waals surface area contributed by atoms with Crippen molar-refractivity contribution < 1.29 is 8.78 Å². The number of H-pyrrole nitrogens is 1. The molecule has 0 amide bonds. The quantitative estimate of drug-likeness (QED) is 0.649. The van der Waals surface area contributed by atoms with Gasteiger partial charge in [-0.05, 0) is 36.4 Å². The molecule has 0 aliphatic heterocycles. The lowest BCUT2D eigenvalue weighted by Crippen LogP contribution is -1.83. The molecular formula is C14H8F2N. The molecule has 3 rings (SSSR count). The zero-order valence-electron chi connectivity index (χ0n) is 8.80. The summed E-state index contributed by atoms with van der Waals surface area (Å²) in [6.45, 7) is 0. The van der Waals surface area contributed by atoms with E-state index in [1.54, 1.807) is 6.07 Å². The molecule has 3 heteroatoms. The van der Waals surface area contributed by atoms with E-state index in [9.17, 15) is 8.78 Å². The minimum atomic E-state index is -0.579. The van der Waals surface area contributed by atoms with Crippen molar-refractivity contribution in [3.05, 3.63) is 60.2 Å². The molecule has 0 aliphatic carbocycles. The predicted octanol–water partition coefficient (Wildman–Crippen LogP) is 3.91. The lowest BCUT2D eigenvalue weighted by Gasteiger charge is -1.98. The molecule has 0 fully saturated rings. The first-order valence-electron chi connectivity index (χ1n) is 5.18. The number of aromatic amines is 1. The Morgan fingerprint density at radius 2 is 1.76 bits per heavy atom. The van der Waals surface area contributed by atoms with Crippen molar-refractivity contribution in [1.29, 1.82) is 0 Å². The highest BCUT2D eigenvalue weighted by Crippen LogP contribution is 2.25. The smallest absolute Gasteiger partial charge is 0.126 e. The Kier molecular flexibility index (Phi) is 2.18. The number of rotatable bonds is 1. The average Bonchev–Trinajstić information content (AvgIpc) is 2.71. The van der Waals surface area contributed by atoms with Crippen LogP contribution in [0.1, 0.15) is 0 Å². The largest absolute Gasteiger partial charge is 0.355 e. The third-order valence-corrected chi connectivity index (χ3v) is 2.64. The summed E-state index contributed by atoms with van der Waals surface area (Å²) in [7, 11) is 0. The van der Waals surface area contributed by atoms with Crippen LogP contribution >= 0.6 is 0 Å². The molecule has 0 aliphatic rings. The van der Waals surface area contributed by atoms with Crippen LogP contribution in [-0.2, 0) is 0 Å². The van der Waals surface area contributed by atoms with Crippen LogP contribution in [0, 0.1) is 17.7 Å². The van der Waals surface area contributed by atoms with Gasteiger partial charge in [0.2, 0.25) is 0 Å². The van der Waals surface area contributed by atoms with E-state index in [0.717, 1.165) is 17.0 Å². The lowest BCUT2D eigenvalue weighted by atomic mass is 10.1. The van der Waals surface area contributed by atoms with Crippen LogP contribution in [0.15, 0.2) is 42.5 Å². The third kappa shape index (κ3) is 1.80. The van der Waals surface area contributed by atoms with E-state index in [4.69, 9.17) is 0 Å². The number of hydrogen-bond donors (Lipinski definition) is 1. The van der Waals surface area contributed by atoms with E-state index in [1.165, 1.54) is 12.1 Å². The van der Waals surface area contributed by atoms with Crippen LogP contribution < -0.4 is 0 Å². The van der Waals surface area contributed by atoms with Crippen molar-refractivity contribution >= 4 is 10.9 Å². The summed E-state index contributed by atoms with van der Waals surface area (Å²) >= 11 is 0. The summed E-state index contributed by atoms with van der Waals surface area (Å²) in [6, 6.07) is 13.7. The highest BCUT2D eigenvalue weighted by molar-refractivity contribution is 5.85. The summed E-state index contributed by atoms with van der Waals surface area (Å²) in [5.41, 5.74) is 2.11. The molecule has 0 spiro atoms. The van der Waals surface area contributed by atoms with Gasteiger partial charge >= 0.3 is 0 Å². The van der Waals surface area contributed by atoms with Crippen LogP contribution in [0.3, 0.4) is 0 Å². The maximum atomic E-state index is 13.1. The molecule has 1 radical (unpaired) electrons. The second-order valence-corrected chi connectivity index (χ2v) is 3.85. The highest BCUT2D eigenvalue weighted by atomic mass is 19.1. The average molecular weight is 228 g/mol. The van der Waals surface area contributed by atoms with Crippen molar-refractivity contribution in [3.8, 4) is 11.3 Å². The first kappa shape index (κ1) is 10.0. The van der Waals surface area contributed by atoms with Crippen molar-refractivity contribution in [1.82, 2.24) is 4.98 Å². The number of benzene rings is 2. The van der Waals surface area contributed by atoms with Crippen LogP contribution in [0.5, 0.6) is 0 Å². The van der Waals surface area contributed by atoms with Gasteiger partial charge in [0, 0.05) is 28.2 Å². The minimum absolute atomic E-state index is 0.499. The molecular weight excluding hydrogens is 220 g/mol. The molecule has 1 aromatic heterocycles. The van der Waals surface area contributed by atoms with Crippen LogP contribution in [0.2, 0.25) is 0 Å². The van der Waals surface area contributed by atoms with Crippen molar-refractivity contribution in [2.75, 3.05) is 0 Å². The summed E-state index contributed by atoms with van der Waals surface area (Å²) in [5, 5.41) is 0.965. The van der Waals surface area contributed by atoms with E-state index in [-0.39, 0.29) is 0 Å². The molecule has 83 valence electrons. The Balaban J connectivity index is 2.20. The van der Waals surface area contributed by atoms with Gasteiger partial charge in [0.25, 0.3) is 0 Å². The lowest BCUT2D eigenvalue weighted by molar-refractivity contribution is 0.584. The first-order chi connectivity index (χ1) is 8.22. The van der Waals surface area contributed by atoms with Gasteiger partial charge in [0.1, 0.15) is 11.6 Å². The maximum Gasteiger partial charge on any atom is 0.126 e. The fourth-order valence-corrected chi connectivity index (χ4v) is 1.88. The number of fused-ring (bicyclic) bond motifs is 1. The van der Waals surface area contributed by atoms with E-state index in [1.807, 2.05) is 18.2 Å². The Hall–Kier alpha value is -2.16. The molecule has 0 saturated carbocycles. The zero-order chi connectivity index (χ0) is 11.8. The van der Waals surface area contributed by atoms with Gasteiger partial charge in [0.15, 0.2) is 0 Å². The Morgan fingerprint density at radius 3 is 2.47 bits per heavy atom. The molecule has 0 unspecified atom stereocenters. The molecule has 0 saturated heterocycles. The van der Waals surface area contributed by atoms with Gasteiger partial charge in [-0.2, -0.15) is 0 Å². The number of nitrogens with one attached hydrogen (secondary N) is 1. The second kappa shape index (κ2) is 3.70. The predicted molar refractivity (Wildman–Crippen MR) is 62.5 cm³/mol. The first-order valence-corrected chi connectivity index (χ1v) is 5.18. The normalized spacial score (nSPS) is 10.9. The number of hydrogen-bond acceptors (Lipinski definition) is 0. The minimum Gasteiger partial charge on any atom is -0.355 e. The molecule has 1 N–H and O–H groups in total. The molecule has 17 heavy (non-hydrogen) atoms. The highest BCUT2D eigenvalue weighted by Gasteiger charge is 2.06. The Morgan fingerprint density at radius 1 is 1.00 bits per heavy atom. The topological polar surface area (TPSA) is 15.8 Å².